The van der Waals surface area contributed by atoms with E-state index in [1.165, 1.54) is 13.8 Å². The molecule has 1 heterocycles. The molecule has 0 aliphatic heterocycles. The molecule has 0 unspecified atom stereocenters. The maximum absolute atomic E-state index is 13.8. The summed E-state index contributed by atoms with van der Waals surface area (Å²) in [6.45, 7) is 3.04. The lowest BCUT2D eigenvalue weighted by Gasteiger charge is -2.12. The van der Waals surface area contributed by atoms with E-state index in [9.17, 15) is 22.4 Å². The maximum Gasteiger partial charge on any atom is 0.358 e. The minimum Gasteiger partial charge on any atom is -0.476 e. The van der Waals surface area contributed by atoms with Crippen LogP contribution in [0.25, 0.3) is 5.69 Å². The van der Waals surface area contributed by atoms with E-state index in [0.717, 1.165) is 0 Å². The predicted molar refractivity (Wildman–Crippen MR) is 62.2 cm³/mol. The normalized spacial score (nSPS) is 11.2. The standard InChI is InChI=1S/C12H9F4N3O2/c1-4(2)10-9(12(20)21)17-18-19(10)11-7(15)5(13)3-6(14)8(11)16/h3-4H,1-2H3,(H,20,21). The van der Waals surface area contributed by atoms with Gasteiger partial charge >= 0.3 is 5.97 Å². The third-order valence-corrected chi connectivity index (χ3v) is 2.75. The van der Waals surface area contributed by atoms with Crippen molar-refractivity contribution in [1.82, 2.24) is 15.0 Å². The van der Waals surface area contributed by atoms with Gasteiger partial charge in [0.15, 0.2) is 29.0 Å². The maximum atomic E-state index is 13.8. The number of aromatic carboxylic acids is 1. The van der Waals surface area contributed by atoms with Gasteiger partial charge in [0.25, 0.3) is 0 Å². The lowest BCUT2D eigenvalue weighted by atomic mass is 10.1. The number of nitrogens with zero attached hydrogens (tertiary/aromatic N) is 3. The molecule has 0 amide bonds. The van der Waals surface area contributed by atoms with Gasteiger partial charge in [0.2, 0.25) is 0 Å². The van der Waals surface area contributed by atoms with E-state index in [2.05, 4.69) is 10.3 Å². The molecule has 0 saturated carbocycles. The Labute approximate surface area is 115 Å². The quantitative estimate of drug-likeness (QED) is 0.699. The van der Waals surface area contributed by atoms with Gasteiger partial charge in [0.05, 0.1) is 5.69 Å². The van der Waals surface area contributed by atoms with Crippen LogP contribution >= 0.6 is 0 Å². The average molecular weight is 303 g/mol. The van der Waals surface area contributed by atoms with Crippen molar-refractivity contribution in [2.75, 3.05) is 0 Å². The van der Waals surface area contributed by atoms with Crippen LogP contribution in [0.15, 0.2) is 6.07 Å². The molecule has 0 spiro atoms. The summed E-state index contributed by atoms with van der Waals surface area (Å²) in [5.41, 5.74) is -1.87. The van der Waals surface area contributed by atoms with Gasteiger partial charge in [-0.25, -0.2) is 27.0 Å². The first-order valence-electron chi connectivity index (χ1n) is 5.78. The Kier molecular flexibility index (Phi) is 3.67. The van der Waals surface area contributed by atoms with E-state index >= 15 is 0 Å². The van der Waals surface area contributed by atoms with Crippen molar-refractivity contribution in [3.63, 3.8) is 0 Å². The number of carbonyl (C=O) groups is 1. The van der Waals surface area contributed by atoms with E-state index in [1.54, 1.807) is 0 Å². The van der Waals surface area contributed by atoms with Crippen LogP contribution in [0.2, 0.25) is 0 Å². The number of benzene rings is 1. The van der Waals surface area contributed by atoms with Crippen molar-refractivity contribution in [1.29, 1.82) is 0 Å². The van der Waals surface area contributed by atoms with Crippen LogP contribution in [0.1, 0.15) is 35.9 Å². The first kappa shape index (κ1) is 14.9. The molecule has 1 aromatic heterocycles. The molecule has 1 N–H and O–H groups in total. The number of rotatable bonds is 3. The second kappa shape index (κ2) is 5.15. The van der Waals surface area contributed by atoms with Crippen molar-refractivity contribution in [2.45, 2.75) is 19.8 Å². The second-order valence-electron chi connectivity index (χ2n) is 4.51. The van der Waals surface area contributed by atoms with Crippen LogP contribution in [0.4, 0.5) is 17.6 Å². The fourth-order valence-corrected chi connectivity index (χ4v) is 1.87. The molecule has 2 aromatic rings. The van der Waals surface area contributed by atoms with E-state index in [1.807, 2.05) is 0 Å². The summed E-state index contributed by atoms with van der Waals surface area (Å²) < 4.78 is 54.5. The largest absolute Gasteiger partial charge is 0.476 e. The summed E-state index contributed by atoms with van der Waals surface area (Å²) in [5.74, 6) is -8.63. The molecule has 9 heteroatoms. The molecule has 0 aliphatic rings. The Morgan fingerprint density at radius 3 is 2.14 bits per heavy atom. The molecule has 0 fully saturated rings. The monoisotopic (exact) mass is 303 g/mol. The summed E-state index contributed by atoms with van der Waals surface area (Å²) in [6.07, 6.45) is 0. The van der Waals surface area contributed by atoms with Crippen molar-refractivity contribution in [3.05, 3.63) is 40.7 Å². The molecule has 0 aliphatic carbocycles. The molecular formula is C12H9F4N3O2. The smallest absolute Gasteiger partial charge is 0.358 e. The number of hydrogen-bond donors (Lipinski definition) is 1. The lowest BCUT2D eigenvalue weighted by molar-refractivity contribution is 0.0688. The van der Waals surface area contributed by atoms with Crippen LogP contribution in [-0.2, 0) is 0 Å². The molecule has 0 saturated heterocycles. The fraction of sp³-hybridized carbons (Fsp3) is 0.250. The van der Waals surface area contributed by atoms with Gasteiger partial charge in [0.1, 0.15) is 5.69 Å². The molecule has 21 heavy (non-hydrogen) atoms. The molecule has 0 atom stereocenters. The molecule has 0 bridgehead atoms. The van der Waals surface area contributed by atoms with E-state index < -0.39 is 46.5 Å². The number of carboxylic acid groups (broad SMARTS) is 1. The van der Waals surface area contributed by atoms with Gasteiger partial charge in [-0.05, 0) is 5.92 Å². The van der Waals surface area contributed by atoms with Gasteiger partial charge in [-0.15, -0.1) is 5.10 Å². The van der Waals surface area contributed by atoms with E-state index in [0.29, 0.717) is 4.68 Å². The molecule has 2 rings (SSSR count). The third-order valence-electron chi connectivity index (χ3n) is 2.75. The van der Waals surface area contributed by atoms with Crippen molar-refractivity contribution in [2.24, 2.45) is 0 Å². The summed E-state index contributed by atoms with van der Waals surface area (Å²) in [5, 5.41) is 15.6. The van der Waals surface area contributed by atoms with Crippen LogP contribution in [0.5, 0.6) is 0 Å². The van der Waals surface area contributed by atoms with E-state index in [-0.39, 0.29) is 11.8 Å². The zero-order chi connectivity index (χ0) is 15.9. The molecule has 1 aromatic carbocycles. The first-order valence-corrected chi connectivity index (χ1v) is 5.78. The summed E-state index contributed by atoms with van der Waals surface area (Å²) in [7, 11) is 0. The topological polar surface area (TPSA) is 68.0 Å². The minimum absolute atomic E-state index is 0.0538. The van der Waals surface area contributed by atoms with Gasteiger partial charge in [-0.1, -0.05) is 19.1 Å². The third kappa shape index (κ3) is 2.34. The summed E-state index contributed by atoms with van der Waals surface area (Å²) in [4.78, 5) is 11.0. The lowest BCUT2D eigenvalue weighted by Crippen LogP contribution is -2.13. The van der Waals surface area contributed by atoms with Gasteiger partial charge in [-0.3, -0.25) is 0 Å². The van der Waals surface area contributed by atoms with Crippen LogP contribution in [0.3, 0.4) is 0 Å². The highest BCUT2D eigenvalue weighted by Crippen LogP contribution is 2.27. The first-order chi connectivity index (χ1) is 9.75. The Morgan fingerprint density at radius 2 is 1.71 bits per heavy atom. The average Bonchev–Trinajstić information content (AvgIpc) is 2.81. The minimum atomic E-state index is -1.68. The van der Waals surface area contributed by atoms with Crippen molar-refractivity contribution in [3.8, 4) is 5.69 Å². The number of aromatic nitrogens is 3. The Morgan fingerprint density at radius 1 is 1.19 bits per heavy atom. The second-order valence-corrected chi connectivity index (χ2v) is 4.51. The molecule has 5 nitrogen and oxygen atoms in total. The predicted octanol–water partition coefficient (Wildman–Crippen LogP) is 2.65. The number of hydrogen-bond acceptors (Lipinski definition) is 3. The molecular weight excluding hydrogens is 294 g/mol. The number of carboxylic acids is 1. The summed E-state index contributed by atoms with van der Waals surface area (Å²) in [6, 6.07) is 0.0538. The highest BCUT2D eigenvalue weighted by molar-refractivity contribution is 5.86. The van der Waals surface area contributed by atoms with Crippen LogP contribution < -0.4 is 0 Å². The number of halogens is 4. The van der Waals surface area contributed by atoms with Crippen molar-refractivity contribution < 1.29 is 27.5 Å². The SMILES string of the molecule is CC(C)c1c(C(=O)O)nnn1-c1c(F)c(F)cc(F)c1F. The highest BCUT2D eigenvalue weighted by Gasteiger charge is 2.28. The van der Waals surface area contributed by atoms with Crippen LogP contribution in [-0.4, -0.2) is 26.1 Å². The zero-order valence-electron chi connectivity index (χ0n) is 10.9. The highest BCUT2D eigenvalue weighted by atomic mass is 19.2. The zero-order valence-corrected chi connectivity index (χ0v) is 10.9. The Bertz CT molecular complexity index is 702. The van der Waals surface area contributed by atoms with Gasteiger partial charge < -0.3 is 5.11 Å². The van der Waals surface area contributed by atoms with Crippen LogP contribution in [0, 0.1) is 23.3 Å². The summed E-state index contributed by atoms with van der Waals surface area (Å²) >= 11 is 0. The molecule has 112 valence electrons. The molecule has 0 radical (unpaired) electrons. The Balaban J connectivity index is 2.83. The van der Waals surface area contributed by atoms with Gasteiger partial charge in [0, 0.05) is 6.07 Å². The van der Waals surface area contributed by atoms with Gasteiger partial charge in [-0.2, -0.15) is 0 Å². The van der Waals surface area contributed by atoms with E-state index in [4.69, 9.17) is 5.11 Å². The van der Waals surface area contributed by atoms with Crippen molar-refractivity contribution >= 4 is 5.97 Å². The fourth-order valence-electron chi connectivity index (χ4n) is 1.87. The Hall–Kier alpha value is -2.45.